The van der Waals surface area contributed by atoms with Crippen LogP contribution in [0, 0.1) is 13.5 Å². The Labute approximate surface area is 225 Å². The number of nitrogens with zero attached hydrogens (tertiary/aromatic N) is 3. The number of fused-ring (bicyclic) bond motifs is 1. The highest BCUT2D eigenvalue weighted by Crippen LogP contribution is 2.56. The Morgan fingerprint density at radius 1 is 1.13 bits per heavy atom. The number of aryl methyl sites for hydroxylation is 1. The van der Waals surface area contributed by atoms with Gasteiger partial charge in [0, 0.05) is 12.6 Å². The van der Waals surface area contributed by atoms with Gasteiger partial charge in [-0.1, -0.05) is 42.7 Å². The largest absolute Gasteiger partial charge is 0.444 e. The highest BCUT2D eigenvalue weighted by molar-refractivity contribution is 5.93. The van der Waals surface area contributed by atoms with Gasteiger partial charge in [0.25, 0.3) is 6.04 Å². The SMILES string of the molecule is [C-]#[N+][C@H]1[C@H](c2cccc(C)c2)CN(C(=O)[C@@H]2CC[C@@H]3CCCC[C@H](NC(=O)OC(C)(C)C)C(=O)N32)C12CC2. The summed E-state index contributed by atoms with van der Waals surface area (Å²) in [7, 11) is 0. The van der Waals surface area contributed by atoms with Crippen LogP contribution in [0.3, 0.4) is 0 Å². The van der Waals surface area contributed by atoms with Crippen LogP contribution in [0.1, 0.15) is 89.2 Å². The molecule has 3 amide bonds. The molecule has 1 spiro atoms. The molecule has 8 heteroatoms. The van der Waals surface area contributed by atoms with Gasteiger partial charge in [0.1, 0.15) is 23.2 Å². The third-order valence-corrected chi connectivity index (χ3v) is 8.80. The molecule has 5 rings (SSSR count). The Kier molecular flexibility index (Phi) is 6.91. The van der Waals surface area contributed by atoms with Gasteiger partial charge in [-0.3, -0.25) is 9.59 Å². The maximum atomic E-state index is 14.2. The summed E-state index contributed by atoms with van der Waals surface area (Å²) in [5.41, 5.74) is 1.17. The summed E-state index contributed by atoms with van der Waals surface area (Å²) >= 11 is 0. The van der Waals surface area contributed by atoms with Crippen molar-refractivity contribution < 1.29 is 19.1 Å². The van der Waals surface area contributed by atoms with Crippen molar-refractivity contribution in [2.24, 2.45) is 0 Å². The van der Waals surface area contributed by atoms with Crippen LogP contribution in [0.5, 0.6) is 0 Å². The lowest BCUT2D eigenvalue weighted by Crippen LogP contribution is -2.58. The van der Waals surface area contributed by atoms with Gasteiger partial charge in [-0.2, -0.15) is 0 Å². The summed E-state index contributed by atoms with van der Waals surface area (Å²) in [5, 5.41) is 2.80. The molecule has 1 aromatic rings. The maximum absolute atomic E-state index is 14.2. The van der Waals surface area contributed by atoms with E-state index in [9.17, 15) is 14.4 Å². The van der Waals surface area contributed by atoms with Crippen molar-refractivity contribution in [2.45, 2.75) is 120 Å². The van der Waals surface area contributed by atoms with Crippen LogP contribution in [-0.2, 0) is 14.3 Å². The fourth-order valence-corrected chi connectivity index (χ4v) is 6.95. The Morgan fingerprint density at radius 3 is 2.53 bits per heavy atom. The minimum Gasteiger partial charge on any atom is -0.444 e. The van der Waals surface area contributed by atoms with E-state index >= 15 is 0 Å². The second kappa shape index (κ2) is 9.91. The second-order valence-electron chi connectivity index (χ2n) is 12.6. The molecule has 8 nitrogen and oxygen atoms in total. The van der Waals surface area contributed by atoms with E-state index in [0.717, 1.165) is 49.7 Å². The molecule has 0 radical (unpaired) electrons. The number of hydrogen-bond acceptors (Lipinski definition) is 4. The third kappa shape index (κ3) is 4.88. The quantitative estimate of drug-likeness (QED) is 0.592. The maximum Gasteiger partial charge on any atom is 0.408 e. The molecule has 0 aromatic heterocycles. The fraction of sp³-hybridized carbons (Fsp3) is 0.667. The number of carbonyl (C=O) groups is 3. The zero-order valence-corrected chi connectivity index (χ0v) is 23.0. The number of likely N-dealkylation sites (tertiary alicyclic amines) is 1. The monoisotopic (exact) mass is 520 g/mol. The number of benzene rings is 1. The van der Waals surface area contributed by atoms with E-state index in [1.165, 1.54) is 0 Å². The van der Waals surface area contributed by atoms with Crippen LogP contribution in [0.15, 0.2) is 24.3 Å². The van der Waals surface area contributed by atoms with Gasteiger partial charge in [0.2, 0.25) is 11.8 Å². The Balaban J connectivity index is 1.38. The highest BCUT2D eigenvalue weighted by Gasteiger charge is 2.68. The highest BCUT2D eigenvalue weighted by atomic mass is 16.6. The normalized spacial score (nSPS) is 30.3. The van der Waals surface area contributed by atoms with E-state index in [-0.39, 0.29) is 29.8 Å². The number of carbonyl (C=O) groups excluding carboxylic acids is 3. The first-order valence-corrected chi connectivity index (χ1v) is 14.1. The number of alkyl carbamates (subject to hydrolysis) is 1. The number of hydrogen-bond donors (Lipinski definition) is 1. The van der Waals surface area contributed by atoms with Gasteiger partial charge in [-0.25, -0.2) is 11.4 Å². The molecule has 0 unspecified atom stereocenters. The predicted molar refractivity (Wildman–Crippen MR) is 143 cm³/mol. The van der Waals surface area contributed by atoms with Gasteiger partial charge in [0.05, 0.1) is 5.92 Å². The molecule has 0 bridgehead atoms. The van der Waals surface area contributed by atoms with Gasteiger partial charge >= 0.3 is 6.09 Å². The first-order valence-electron chi connectivity index (χ1n) is 14.1. The molecule has 4 aliphatic rings. The third-order valence-electron chi connectivity index (χ3n) is 8.80. The van der Waals surface area contributed by atoms with Crippen molar-refractivity contribution >= 4 is 17.9 Å². The summed E-state index contributed by atoms with van der Waals surface area (Å²) < 4.78 is 5.43. The van der Waals surface area contributed by atoms with Gasteiger partial charge in [0.15, 0.2) is 0 Å². The number of rotatable bonds is 3. The van der Waals surface area contributed by atoms with Crippen molar-refractivity contribution in [1.82, 2.24) is 15.1 Å². The first kappa shape index (κ1) is 26.5. The molecule has 3 saturated heterocycles. The number of amides is 3. The molecule has 3 heterocycles. The Morgan fingerprint density at radius 2 is 1.87 bits per heavy atom. The van der Waals surface area contributed by atoms with Crippen LogP contribution in [0.2, 0.25) is 0 Å². The summed E-state index contributed by atoms with van der Waals surface area (Å²) in [6.07, 6.45) is 5.67. The van der Waals surface area contributed by atoms with Crippen LogP contribution in [-0.4, -0.2) is 69.6 Å². The lowest BCUT2D eigenvalue weighted by atomic mass is 9.90. The van der Waals surface area contributed by atoms with Gasteiger partial charge in [-0.05, 0) is 71.8 Å². The topological polar surface area (TPSA) is 83.3 Å². The Bertz CT molecular complexity index is 1150. The zero-order valence-electron chi connectivity index (χ0n) is 23.0. The summed E-state index contributed by atoms with van der Waals surface area (Å²) in [6.45, 7) is 16.0. The van der Waals surface area contributed by atoms with E-state index in [2.05, 4.69) is 35.3 Å². The standard InChI is InChI=1S/C30H40N4O4/c1-19-9-8-10-20(17-19)22-18-33(30(15-16-30)25(22)31-5)27(36)24-14-13-21-11-6-7-12-23(26(35)34(21)24)32-28(37)38-29(2,3)4/h8-10,17,21-25H,6-7,11-16,18H2,1-4H3,(H,32,37)/t21-,22-,23-,24-,25-/m0/s1. The molecular formula is C30H40N4O4. The average Bonchev–Trinajstić information content (AvgIpc) is 3.40. The number of ether oxygens (including phenoxy) is 1. The lowest BCUT2D eigenvalue weighted by Gasteiger charge is -2.37. The van der Waals surface area contributed by atoms with Crippen molar-refractivity contribution in [2.75, 3.05) is 6.54 Å². The molecule has 1 aliphatic carbocycles. The predicted octanol–water partition coefficient (Wildman–Crippen LogP) is 4.57. The van der Waals surface area contributed by atoms with Crippen LogP contribution < -0.4 is 5.32 Å². The molecular weight excluding hydrogens is 480 g/mol. The molecule has 1 saturated carbocycles. The second-order valence-corrected chi connectivity index (χ2v) is 12.6. The van der Waals surface area contributed by atoms with E-state index in [4.69, 9.17) is 11.3 Å². The van der Waals surface area contributed by atoms with Crippen LogP contribution in [0.4, 0.5) is 4.79 Å². The number of nitrogens with one attached hydrogen (secondary N) is 1. The molecule has 38 heavy (non-hydrogen) atoms. The molecule has 1 N–H and O–H groups in total. The molecule has 3 aliphatic heterocycles. The first-order chi connectivity index (χ1) is 18.0. The zero-order chi connectivity index (χ0) is 27.2. The summed E-state index contributed by atoms with van der Waals surface area (Å²) in [4.78, 5) is 48.4. The molecule has 204 valence electrons. The van der Waals surface area contributed by atoms with Gasteiger partial charge in [-0.15, -0.1) is 0 Å². The molecule has 4 fully saturated rings. The lowest BCUT2D eigenvalue weighted by molar-refractivity contribution is -0.148. The van der Waals surface area contributed by atoms with Crippen molar-refractivity contribution in [3.05, 3.63) is 46.8 Å². The molecule has 1 aromatic carbocycles. The van der Waals surface area contributed by atoms with Crippen molar-refractivity contribution in [3.63, 3.8) is 0 Å². The smallest absolute Gasteiger partial charge is 0.408 e. The average molecular weight is 521 g/mol. The summed E-state index contributed by atoms with van der Waals surface area (Å²) in [6, 6.07) is 6.76. The van der Waals surface area contributed by atoms with E-state index in [1.54, 1.807) is 25.7 Å². The van der Waals surface area contributed by atoms with E-state index in [0.29, 0.717) is 19.4 Å². The minimum absolute atomic E-state index is 0.00155. The van der Waals surface area contributed by atoms with Crippen LogP contribution >= 0.6 is 0 Å². The minimum atomic E-state index is -0.703. The van der Waals surface area contributed by atoms with Gasteiger partial charge < -0.3 is 24.7 Å². The fourth-order valence-electron chi connectivity index (χ4n) is 6.95. The Hall–Kier alpha value is -3.08. The van der Waals surface area contributed by atoms with Crippen molar-refractivity contribution in [3.8, 4) is 0 Å². The van der Waals surface area contributed by atoms with Crippen molar-refractivity contribution in [1.29, 1.82) is 0 Å². The van der Waals surface area contributed by atoms with E-state index < -0.39 is 29.3 Å². The molecule has 5 atom stereocenters. The summed E-state index contributed by atoms with van der Waals surface area (Å²) in [5.74, 6) is -0.239. The van der Waals surface area contributed by atoms with Crippen LogP contribution in [0.25, 0.3) is 4.85 Å². The van der Waals surface area contributed by atoms with E-state index in [1.807, 2.05) is 11.0 Å².